The highest BCUT2D eigenvalue weighted by atomic mass is 32.2. The molecule has 0 aliphatic heterocycles. The predicted octanol–water partition coefficient (Wildman–Crippen LogP) is 5.42. The van der Waals surface area contributed by atoms with Crippen molar-refractivity contribution in [2.45, 2.75) is 17.7 Å². The van der Waals surface area contributed by atoms with Gasteiger partial charge in [0.1, 0.15) is 5.75 Å². The molecule has 8 heteroatoms. The summed E-state index contributed by atoms with van der Waals surface area (Å²) in [6.45, 7) is 0. The quantitative estimate of drug-likeness (QED) is 0.258. The second kappa shape index (κ2) is 12.5. The van der Waals surface area contributed by atoms with E-state index in [1.807, 2.05) is 54.6 Å². The molecule has 35 heavy (non-hydrogen) atoms. The van der Waals surface area contributed by atoms with Crippen molar-refractivity contribution in [2.24, 2.45) is 0 Å². The summed E-state index contributed by atoms with van der Waals surface area (Å²) in [5.41, 5.74) is 4.27. The lowest BCUT2D eigenvalue weighted by Crippen LogP contribution is -2.13. The number of rotatable bonds is 10. The van der Waals surface area contributed by atoms with Crippen molar-refractivity contribution in [1.82, 2.24) is 0 Å². The van der Waals surface area contributed by atoms with Crippen LogP contribution in [-0.4, -0.2) is 32.9 Å². The summed E-state index contributed by atoms with van der Waals surface area (Å²) in [5, 5.41) is 11.3. The van der Waals surface area contributed by atoms with Crippen molar-refractivity contribution in [2.75, 3.05) is 12.4 Å². The smallest absolute Gasteiger partial charge is 0.303 e. The van der Waals surface area contributed by atoms with Gasteiger partial charge in [-0.15, -0.1) is 0 Å². The lowest BCUT2D eigenvalue weighted by Gasteiger charge is -2.07. The number of aliphatic carboxylic acids is 1. The number of carboxylic acid groups (broad SMARTS) is 1. The van der Waals surface area contributed by atoms with Gasteiger partial charge in [0.15, 0.2) is 11.1 Å². The average molecular weight is 492 g/mol. The maximum atomic E-state index is 11.7. The fraction of sp³-hybridized carbons (Fsp3) is 0.111. The highest BCUT2D eigenvalue weighted by Gasteiger charge is 2.06. The number of carboxylic acids is 1. The van der Waals surface area contributed by atoms with E-state index >= 15 is 0 Å². The van der Waals surface area contributed by atoms with Crippen LogP contribution >= 0.6 is 0 Å². The number of amides is 1. The Morgan fingerprint density at radius 2 is 1.43 bits per heavy atom. The lowest BCUT2D eigenvalue weighted by atomic mass is 10.1. The maximum absolute atomic E-state index is 11.7. The minimum atomic E-state index is -1.99. The molecule has 0 aliphatic rings. The molecule has 1 atom stereocenters. The number of carbonyl (C=O) groups excluding carboxylic acids is 1. The number of carbonyl (C=O) groups is 2. The molecule has 1 amide bonds. The average Bonchev–Trinajstić information content (AvgIpc) is 2.86. The number of methoxy groups -OCH3 is 1. The van der Waals surface area contributed by atoms with Crippen LogP contribution in [-0.2, 0) is 20.7 Å². The lowest BCUT2D eigenvalue weighted by molar-refractivity contribution is -0.138. The molecular weight excluding hydrogens is 466 g/mol. The first kappa shape index (κ1) is 25.6. The van der Waals surface area contributed by atoms with E-state index in [2.05, 4.69) is 5.32 Å². The molecule has 3 aromatic rings. The van der Waals surface area contributed by atoms with Crippen LogP contribution in [0.25, 0.3) is 24.3 Å². The Bertz CT molecular complexity index is 1260. The molecule has 3 N–H and O–H groups in total. The molecule has 1 unspecified atom stereocenters. The molecule has 0 radical (unpaired) electrons. The Kier molecular flexibility index (Phi) is 9.11. The molecule has 0 aliphatic carbocycles. The maximum Gasteiger partial charge on any atom is 0.303 e. The summed E-state index contributed by atoms with van der Waals surface area (Å²) in [5.74, 6) is -0.640. The molecule has 0 fully saturated rings. The zero-order valence-electron chi connectivity index (χ0n) is 19.0. The fourth-order valence-corrected chi connectivity index (χ4v) is 3.53. The molecule has 0 saturated heterocycles. The Morgan fingerprint density at radius 1 is 0.857 bits per heavy atom. The van der Waals surface area contributed by atoms with Crippen LogP contribution in [0.1, 0.15) is 35.1 Å². The van der Waals surface area contributed by atoms with Gasteiger partial charge >= 0.3 is 5.97 Å². The van der Waals surface area contributed by atoms with Gasteiger partial charge in [0.2, 0.25) is 5.91 Å². The van der Waals surface area contributed by atoms with Gasteiger partial charge in [-0.1, -0.05) is 60.7 Å². The molecule has 3 rings (SSSR count). The third-order valence-electron chi connectivity index (χ3n) is 5.02. The molecule has 7 nitrogen and oxygen atoms in total. The van der Waals surface area contributed by atoms with Crippen LogP contribution in [0.15, 0.2) is 71.6 Å². The van der Waals surface area contributed by atoms with Crippen LogP contribution in [0.5, 0.6) is 5.75 Å². The highest BCUT2D eigenvalue weighted by Crippen LogP contribution is 2.24. The highest BCUT2D eigenvalue weighted by molar-refractivity contribution is 7.79. The molecule has 180 valence electrons. The van der Waals surface area contributed by atoms with Gasteiger partial charge in [0, 0.05) is 17.7 Å². The summed E-state index contributed by atoms with van der Waals surface area (Å²) in [7, 11) is 1.61. The first-order valence-corrected chi connectivity index (χ1v) is 11.8. The van der Waals surface area contributed by atoms with E-state index in [9.17, 15) is 13.8 Å². The van der Waals surface area contributed by atoms with E-state index in [-0.39, 0.29) is 18.7 Å². The topological polar surface area (TPSA) is 113 Å². The zero-order chi connectivity index (χ0) is 25.2. The Labute approximate surface area is 206 Å². The van der Waals surface area contributed by atoms with E-state index in [4.69, 9.17) is 14.4 Å². The zero-order valence-corrected chi connectivity index (χ0v) is 19.8. The van der Waals surface area contributed by atoms with E-state index < -0.39 is 17.0 Å². The normalized spacial score (nSPS) is 12.1. The molecule has 0 bridgehead atoms. The number of ether oxygens (including phenoxy) is 1. The van der Waals surface area contributed by atoms with Crippen molar-refractivity contribution in [1.29, 1.82) is 0 Å². The van der Waals surface area contributed by atoms with Gasteiger partial charge in [-0.05, 0) is 47.0 Å². The summed E-state index contributed by atoms with van der Waals surface area (Å²) >= 11 is -1.99. The van der Waals surface area contributed by atoms with Crippen LogP contribution in [0.2, 0.25) is 0 Å². The Hall–Kier alpha value is -4.01. The van der Waals surface area contributed by atoms with Gasteiger partial charge in [-0.3, -0.25) is 9.59 Å². The summed E-state index contributed by atoms with van der Waals surface area (Å²) < 4.78 is 25.7. The monoisotopic (exact) mass is 491 g/mol. The third-order valence-corrected chi connectivity index (χ3v) is 5.70. The van der Waals surface area contributed by atoms with Crippen molar-refractivity contribution in [3.8, 4) is 5.75 Å². The molecular formula is C27H25NO6S. The molecule has 0 saturated carbocycles. The second-order valence-electron chi connectivity index (χ2n) is 7.55. The number of nitrogens with one attached hydrogen (secondary N) is 1. The van der Waals surface area contributed by atoms with Crippen molar-refractivity contribution in [3.05, 3.63) is 89.0 Å². The fourth-order valence-electron chi connectivity index (χ4n) is 3.16. The van der Waals surface area contributed by atoms with Crippen LogP contribution in [0.4, 0.5) is 5.69 Å². The van der Waals surface area contributed by atoms with Crippen LogP contribution in [0.3, 0.4) is 0 Å². The molecule has 3 aromatic carbocycles. The molecule has 0 aromatic heterocycles. The van der Waals surface area contributed by atoms with E-state index in [0.29, 0.717) is 16.3 Å². The van der Waals surface area contributed by atoms with Crippen molar-refractivity contribution < 1.29 is 28.2 Å². The first-order valence-electron chi connectivity index (χ1n) is 10.7. The third kappa shape index (κ3) is 8.06. The SMILES string of the molecule is COc1cc(/C=C/c2ccc(S(=O)O)cc2)ccc1/C=C/c1ccc(NC(=O)CCC(=O)O)cc1. The molecule has 0 spiro atoms. The number of anilines is 1. The summed E-state index contributed by atoms with van der Waals surface area (Å²) in [6.07, 6.45) is 7.43. The number of hydrogen-bond donors (Lipinski definition) is 3. The van der Waals surface area contributed by atoms with Crippen molar-refractivity contribution in [3.63, 3.8) is 0 Å². The van der Waals surface area contributed by atoms with E-state index in [1.54, 1.807) is 43.5 Å². The number of hydrogen-bond acceptors (Lipinski definition) is 4. The Morgan fingerprint density at radius 3 is 2.03 bits per heavy atom. The largest absolute Gasteiger partial charge is 0.496 e. The summed E-state index contributed by atoms with van der Waals surface area (Å²) in [4.78, 5) is 22.7. The second-order valence-corrected chi connectivity index (χ2v) is 8.52. The standard InChI is InChI=1S/C27H25NO6S/c1-34-25-18-21(3-2-19-8-14-24(15-9-19)35(32)33)5-11-22(25)10-4-20-6-12-23(13-7-20)28-26(29)16-17-27(30)31/h2-15,18H,16-17H2,1H3,(H,28,29)(H,30,31)(H,32,33)/b3-2+,10-4+. The van der Waals surface area contributed by atoms with Gasteiger partial charge in [-0.25, -0.2) is 4.21 Å². The van der Waals surface area contributed by atoms with Crippen LogP contribution < -0.4 is 10.1 Å². The predicted molar refractivity (Wildman–Crippen MR) is 138 cm³/mol. The number of benzene rings is 3. The first-order chi connectivity index (χ1) is 16.8. The Balaban J connectivity index is 1.64. The van der Waals surface area contributed by atoms with Gasteiger partial charge < -0.3 is 19.7 Å². The van der Waals surface area contributed by atoms with Crippen molar-refractivity contribution >= 4 is 52.9 Å². The van der Waals surface area contributed by atoms with Gasteiger partial charge in [0.25, 0.3) is 0 Å². The van der Waals surface area contributed by atoms with E-state index in [0.717, 1.165) is 22.3 Å². The van der Waals surface area contributed by atoms with Gasteiger partial charge in [0.05, 0.1) is 18.4 Å². The summed E-state index contributed by atoms with van der Waals surface area (Å²) in [6, 6.07) is 19.8. The minimum Gasteiger partial charge on any atom is -0.496 e. The van der Waals surface area contributed by atoms with Gasteiger partial charge in [-0.2, -0.15) is 0 Å². The molecule has 0 heterocycles. The minimum absolute atomic E-state index is 0.0694. The van der Waals surface area contributed by atoms with Crippen LogP contribution in [0, 0.1) is 0 Å². The van der Waals surface area contributed by atoms with E-state index in [1.165, 1.54) is 0 Å².